The first-order valence-electron chi connectivity index (χ1n) is 4.29. The Kier molecular flexibility index (Phi) is 2.37. The van der Waals surface area contributed by atoms with E-state index in [0.717, 1.165) is 0 Å². The summed E-state index contributed by atoms with van der Waals surface area (Å²) in [5.41, 5.74) is 0.429. The number of carbonyl (C=O) groups is 2. The van der Waals surface area contributed by atoms with Crippen molar-refractivity contribution in [2.45, 2.75) is 12.7 Å². The van der Waals surface area contributed by atoms with E-state index in [-0.39, 0.29) is 6.42 Å². The Balaban J connectivity index is 2.19. The Morgan fingerprint density at radius 1 is 1.07 bits per heavy atom. The van der Waals surface area contributed by atoms with E-state index in [0.29, 0.717) is 5.56 Å². The van der Waals surface area contributed by atoms with Crippen molar-refractivity contribution in [2.24, 2.45) is 0 Å². The molecule has 1 heterocycles. The van der Waals surface area contributed by atoms with Crippen molar-refractivity contribution in [3.05, 3.63) is 35.6 Å². The van der Waals surface area contributed by atoms with E-state index in [4.69, 9.17) is 9.47 Å². The standard InChI is InChI=1S/C10H7FO4/c11-7-3-1-6(2-4-7)10-14-8(12)5-9(13)15-10/h1-4,10H,5H2. The molecule has 1 aromatic carbocycles. The number of hydrogen-bond acceptors (Lipinski definition) is 4. The lowest BCUT2D eigenvalue weighted by Gasteiger charge is -2.22. The fourth-order valence-corrected chi connectivity index (χ4v) is 1.22. The molecule has 1 aliphatic rings. The van der Waals surface area contributed by atoms with Crippen molar-refractivity contribution >= 4 is 11.9 Å². The molecule has 78 valence electrons. The number of esters is 2. The van der Waals surface area contributed by atoms with Gasteiger partial charge in [-0.1, -0.05) is 0 Å². The molecule has 1 saturated heterocycles. The highest BCUT2D eigenvalue weighted by atomic mass is 19.1. The zero-order valence-electron chi connectivity index (χ0n) is 7.60. The second-order valence-corrected chi connectivity index (χ2v) is 3.04. The highest BCUT2D eigenvalue weighted by Crippen LogP contribution is 2.24. The van der Waals surface area contributed by atoms with E-state index >= 15 is 0 Å². The molecule has 0 aromatic heterocycles. The van der Waals surface area contributed by atoms with Gasteiger partial charge in [-0.25, -0.2) is 4.39 Å². The van der Waals surface area contributed by atoms with Crippen LogP contribution in [0.2, 0.25) is 0 Å². The van der Waals surface area contributed by atoms with Crippen LogP contribution in [0.4, 0.5) is 4.39 Å². The van der Waals surface area contributed by atoms with Crippen LogP contribution in [0.1, 0.15) is 18.3 Å². The van der Waals surface area contributed by atoms with Crippen molar-refractivity contribution in [3.63, 3.8) is 0 Å². The SMILES string of the molecule is O=C1CC(=O)OC(c2ccc(F)cc2)O1. The molecule has 1 aromatic rings. The summed E-state index contributed by atoms with van der Waals surface area (Å²) in [7, 11) is 0. The van der Waals surface area contributed by atoms with Crippen molar-refractivity contribution in [1.82, 2.24) is 0 Å². The minimum Gasteiger partial charge on any atom is -0.420 e. The third kappa shape index (κ3) is 2.12. The summed E-state index contributed by atoms with van der Waals surface area (Å²) < 4.78 is 22.1. The predicted molar refractivity (Wildman–Crippen MR) is 45.9 cm³/mol. The van der Waals surface area contributed by atoms with Crippen LogP contribution in [-0.2, 0) is 19.1 Å². The van der Waals surface area contributed by atoms with Crippen LogP contribution in [-0.4, -0.2) is 11.9 Å². The zero-order chi connectivity index (χ0) is 10.8. The molecule has 0 unspecified atom stereocenters. The quantitative estimate of drug-likeness (QED) is 0.518. The molecule has 0 atom stereocenters. The lowest BCUT2D eigenvalue weighted by atomic mass is 10.2. The van der Waals surface area contributed by atoms with E-state index in [9.17, 15) is 14.0 Å². The van der Waals surface area contributed by atoms with Crippen LogP contribution in [0, 0.1) is 5.82 Å². The zero-order valence-corrected chi connectivity index (χ0v) is 7.60. The number of hydrogen-bond donors (Lipinski definition) is 0. The summed E-state index contributed by atoms with van der Waals surface area (Å²) in [6.45, 7) is 0. The summed E-state index contributed by atoms with van der Waals surface area (Å²) in [4.78, 5) is 21.9. The molecule has 0 spiro atoms. The number of cyclic esters (lactones) is 2. The topological polar surface area (TPSA) is 52.6 Å². The fourth-order valence-electron chi connectivity index (χ4n) is 1.22. The third-order valence-electron chi connectivity index (χ3n) is 1.91. The van der Waals surface area contributed by atoms with Gasteiger partial charge in [-0.15, -0.1) is 0 Å². The Hall–Kier alpha value is -1.91. The van der Waals surface area contributed by atoms with Gasteiger partial charge in [0.25, 0.3) is 6.29 Å². The molecule has 5 heteroatoms. The predicted octanol–water partition coefficient (Wildman–Crippen LogP) is 1.31. The molecule has 15 heavy (non-hydrogen) atoms. The van der Waals surface area contributed by atoms with E-state index in [1.54, 1.807) is 0 Å². The summed E-state index contributed by atoms with van der Waals surface area (Å²) in [5.74, 6) is -1.69. The lowest BCUT2D eigenvalue weighted by molar-refractivity contribution is -0.204. The van der Waals surface area contributed by atoms with Gasteiger partial charge in [-0.05, 0) is 24.3 Å². The smallest absolute Gasteiger partial charge is 0.320 e. The van der Waals surface area contributed by atoms with Gasteiger partial charge >= 0.3 is 11.9 Å². The van der Waals surface area contributed by atoms with Crippen molar-refractivity contribution in [2.75, 3.05) is 0 Å². The molecule has 0 amide bonds. The first-order valence-corrected chi connectivity index (χ1v) is 4.29. The maximum absolute atomic E-state index is 12.6. The average molecular weight is 210 g/mol. The molecule has 0 bridgehead atoms. The number of carbonyl (C=O) groups excluding carboxylic acids is 2. The van der Waals surface area contributed by atoms with Gasteiger partial charge in [-0.2, -0.15) is 0 Å². The summed E-state index contributed by atoms with van der Waals surface area (Å²) >= 11 is 0. The monoisotopic (exact) mass is 210 g/mol. The molecule has 1 aliphatic heterocycles. The van der Waals surface area contributed by atoms with Gasteiger partial charge in [0, 0.05) is 5.56 Å². The molecule has 0 radical (unpaired) electrons. The first kappa shape index (κ1) is 9.64. The molecule has 0 aliphatic carbocycles. The van der Waals surface area contributed by atoms with Gasteiger partial charge < -0.3 is 9.47 Å². The number of ether oxygens (including phenoxy) is 2. The Labute approximate surface area is 84.6 Å². The first-order chi connectivity index (χ1) is 7.15. The van der Waals surface area contributed by atoms with E-state index in [1.165, 1.54) is 24.3 Å². The molecular weight excluding hydrogens is 203 g/mol. The van der Waals surface area contributed by atoms with Gasteiger partial charge in [0.15, 0.2) is 0 Å². The van der Waals surface area contributed by atoms with Crippen LogP contribution in [0.5, 0.6) is 0 Å². The van der Waals surface area contributed by atoms with Gasteiger partial charge in [0.05, 0.1) is 0 Å². The Bertz CT molecular complexity index is 382. The summed E-state index contributed by atoms with van der Waals surface area (Å²) in [6, 6.07) is 5.19. The van der Waals surface area contributed by atoms with Gasteiger partial charge in [0.1, 0.15) is 12.2 Å². The summed E-state index contributed by atoms with van der Waals surface area (Å²) in [6.07, 6.45) is -1.43. The highest BCUT2D eigenvalue weighted by Gasteiger charge is 2.28. The van der Waals surface area contributed by atoms with Crippen LogP contribution >= 0.6 is 0 Å². The van der Waals surface area contributed by atoms with Crippen molar-refractivity contribution < 1.29 is 23.5 Å². The van der Waals surface area contributed by atoms with Crippen molar-refractivity contribution in [3.8, 4) is 0 Å². The maximum atomic E-state index is 12.6. The summed E-state index contributed by atoms with van der Waals surface area (Å²) in [5, 5.41) is 0. The van der Waals surface area contributed by atoms with E-state index in [1.807, 2.05) is 0 Å². The Morgan fingerprint density at radius 2 is 1.60 bits per heavy atom. The number of benzene rings is 1. The molecule has 0 saturated carbocycles. The molecular formula is C10H7FO4. The van der Waals surface area contributed by atoms with Gasteiger partial charge in [0.2, 0.25) is 0 Å². The second-order valence-electron chi connectivity index (χ2n) is 3.04. The number of halogens is 1. The third-order valence-corrected chi connectivity index (χ3v) is 1.91. The normalized spacial score (nSPS) is 17.1. The fraction of sp³-hybridized carbons (Fsp3) is 0.200. The lowest BCUT2D eigenvalue weighted by Crippen LogP contribution is -2.26. The highest BCUT2D eigenvalue weighted by molar-refractivity contribution is 5.92. The van der Waals surface area contributed by atoms with E-state index in [2.05, 4.69) is 0 Å². The molecule has 4 nitrogen and oxygen atoms in total. The van der Waals surface area contributed by atoms with Crippen LogP contribution in [0.3, 0.4) is 0 Å². The van der Waals surface area contributed by atoms with Crippen molar-refractivity contribution in [1.29, 1.82) is 0 Å². The number of rotatable bonds is 1. The molecule has 0 N–H and O–H groups in total. The Morgan fingerprint density at radius 3 is 2.13 bits per heavy atom. The van der Waals surface area contributed by atoms with Crippen LogP contribution in [0.25, 0.3) is 0 Å². The minimum absolute atomic E-state index is 0.377. The molecule has 2 rings (SSSR count). The van der Waals surface area contributed by atoms with E-state index < -0.39 is 24.0 Å². The molecule has 1 fully saturated rings. The van der Waals surface area contributed by atoms with Gasteiger partial charge in [-0.3, -0.25) is 9.59 Å². The van der Waals surface area contributed by atoms with Crippen LogP contribution in [0.15, 0.2) is 24.3 Å². The van der Waals surface area contributed by atoms with Crippen LogP contribution < -0.4 is 0 Å². The maximum Gasteiger partial charge on any atom is 0.320 e. The second kappa shape index (κ2) is 3.68. The minimum atomic E-state index is -1.06. The largest absolute Gasteiger partial charge is 0.420 e. The average Bonchev–Trinajstić information content (AvgIpc) is 2.17.